The number of nitrogens with one attached hydrogen (secondary N) is 1. The maximum Gasteiger partial charge on any atom is 0.304 e. The van der Waals surface area contributed by atoms with E-state index < -0.39 is 16.4 Å². The molecule has 1 heterocycles. The number of hydrogen-bond acceptors (Lipinski definition) is 5. The summed E-state index contributed by atoms with van der Waals surface area (Å²) in [6.45, 7) is 2.66. The van der Waals surface area contributed by atoms with Crippen molar-refractivity contribution in [2.24, 2.45) is 0 Å². The van der Waals surface area contributed by atoms with Crippen LogP contribution >= 0.6 is 0 Å². The molecule has 2 rings (SSSR count). The zero-order valence-electron chi connectivity index (χ0n) is 10.2. The fraction of sp³-hybridized carbons (Fsp3) is 0.250. The van der Waals surface area contributed by atoms with Gasteiger partial charge in [0, 0.05) is 18.7 Å². The summed E-state index contributed by atoms with van der Waals surface area (Å²) in [5, 5.41) is 17.2. The summed E-state index contributed by atoms with van der Waals surface area (Å²) in [6, 6.07) is 5.62. The Kier molecular flexibility index (Phi) is 3.86. The number of nitro benzene ring substituents is 1. The lowest BCUT2D eigenvalue weighted by Crippen LogP contribution is -2.12. The maximum atomic E-state index is 13.4. The summed E-state index contributed by atoms with van der Waals surface area (Å²) >= 11 is 0. The van der Waals surface area contributed by atoms with Gasteiger partial charge < -0.3 is 9.84 Å². The Labute approximate surface area is 108 Å². The first-order valence-corrected chi connectivity index (χ1v) is 5.62. The predicted molar refractivity (Wildman–Crippen MR) is 64.8 cm³/mol. The average molecular weight is 265 g/mol. The molecule has 0 saturated carbocycles. The summed E-state index contributed by atoms with van der Waals surface area (Å²) in [4.78, 5) is 9.72. The Bertz CT molecular complexity index is 598. The maximum absolute atomic E-state index is 13.4. The minimum absolute atomic E-state index is 0.384. The standard InChI is InChI=1S/C12H12FN3O3/c1-8-4-10(19-15-8)7-14-6-9-2-3-12(16(17)18)11(13)5-9/h2-5,14H,6-7H2,1H3. The van der Waals surface area contributed by atoms with Gasteiger partial charge in [-0.1, -0.05) is 11.2 Å². The summed E-state index contributed by atoms with van der Waals surface area (Å²) in [5.74, 6) is -0.153. The molecule has 7 heteroatoms. The van der Waals surface area contributed by atoms with Crippen molar-refractivity contribution >= 4 is 5.69 Å². The first-order chi connectivity index (χ1) is 9.06. The van der Waals surface area contributed by atoms with Crippen LogP contribution in [-0.2, 0) is 13.1 Å². The molecule has 0 unspecified atom stereocenters. The second-order valence-electron chi connectivity index (χ2n) is 4.08. The van der Waals surface area contributed by atoms with E-state index in [9.17, 15) is 14.5 Å². The summed E-state index contributed by atoms with van der Waals surface area (Å²) < 4.78 is 18.4. The van der Waals surface area contributed by atoms with Gasteiger partial charge in [0.15, 0.2) is 5.76 Å². The van der Waals surface area contributed by atoms with Crippen LogP contribution in [0.4, 0.5) is 10.1 Å². The van der Waals surface area contributed by atoms with Gasteiger partial charge >= 0.3 is 5.69 Å². The summed E-state index contributed by atoms with van der Waals surface area (Å²) in [5.41, 5.74) is 0.895. The van der Waals surface area contributed by atoms with E-state index in [0.29, 0.717) is 24.4 Å². The SMILES string of the molecule is Cc1cc(CNCc2ccc([N+](=O)[O-])c(F)c2)on1. The molecule has 100 valence electrons. The van der Waals surface area contributed by atoms with Crippen molar-refractivity contribution in [3.8, 4) is 0 Å². The van der Waals surface area contributed by atoms with Crippen LogP contribution < -0.4 is 5.32 Å². The van der Waals surface area contributed by atoms with Crippen LogP contribution in [0.2, 0.25) is 0 Å². The molecule has 1 N–H and O–H groups in total. The molecule has 0 atom stereocenters. The largest absolute Gasteiger partial charge is 0.360 e. The van der Waals surface area contributed by atoms with Gasteiger partial charge in [-0.2, -0.15) is 4.39 Å². The van der Waals surface area contributed by atoms with Gasteiger partial charge in [0.1, 0.15) is 0 Å². The van der Waals surface area contributed by atoms with Crippen LogP contribution in [0.15, 0.2) is 28.8 Å². The van der Waals surface area contributed by atoms with Crippen molar-refractivity contribution in [2.75, 3.05) is 0 Å². The van der Waals surface area contributed by atoms with Crippen LogP contribution in [-0.4, -0.2) is 10.1 Å². The number of hydrogen-bond donors (Lipinski definition) is 1. The third-order valence-corrected chi connectivity index (χ3v) is 2.51. The highest BCUT2D eigenvalue weighted by Gasteiger charge is 2.13. The van der Waals surface area contributed by atoms with Crippen LogP contribution in [0.25, 0.3) is 0 Å². The normalized spacial score (nSPS) is 10.6. The quantitative estimate of drug-likeness (QED) is 0.662. The molecular formula is C12H12FN3O3. The van der Waals surface area contributed by atoms with E-state index in [-0.39, 0.29) is 0 Å². The molecule has 2 aromatic rings. The third-order valence-electron chi connectivity index (χ3n) is 2.51. The molecule has 0 bridgehead atoms. The number of nitro groups is 1. The van der Waals surface area contributed by atoms with E-state index in [2.05, 4.69) is 10.5 Å². The minimum atomic E-state index is -0.834. The number of benzene rings is 1. The molecule has 1 aromatic carbocycles. The Hall–Kier alpha value is -2.28. The number of aryl methyl sites for hydroxylation is 1. The van der Waals surface area contributed by atoms with Gasteiger partial charge in [0.25, 0.3) is 0 Å². The highest BCUT2D eigenvalue weighted by molar-refractivity contribution is 5.34. The molecule has 6 nitrogen and oxygen atoms in total. The Balaban J connectivity index is 1.93. The third kappa shape index (κ3) is 3.35. The molecule has 0 saturated heterocycles. The van der Waals surface area contributed by atoms with Gasteiger partial charge in [-0.25, -0.2) is 0 Å². The molecule has 0 amide bonds. The average Bonchev–Trinajstić information content (AvgIpc) is 2.75. The highest BCUT2D eigenvalue weighted by Crippen LogP contribution is 2.17. The van der Waals surface area contributed by atoms with Gasteiger partial charge in [0.2, 0.25) is 5.82 Å². The molecule has 0 spiro atoms. The van der Waals surface area contributed by atoms with E-state index in [4.69, 9.17) is 4.52 Å². The smallest absolute Gasteiger partial charge is 0.304 e. The Morgan fingerprint density at radius 1 is 1.42 bits per heavy atom. The zero-order chi connectivity index (χ0) is 13.8. The predicted octanol–water partition coefficient (Wildman–Crippen LogP) is 2.32. The number of nitrogens with zero attached hydrogens (tertiary/aromatic N) is 2. The molecule has 0 aliphatic carbocycles. The van der Waals surface area contributed by atoms with Crippen molar-refractivity contribution in [2.45, 2.75) is 20.0 Å². The first kappa shape index (κ1) is 13.2. The lowest BCUT2D eigenvalue weighted by molar-refractivity contribution is -0.387. The van der Waals surface area contributed by atoms with E-state index >= 15 is 0 Å². The van der Waals surface area contributed by atoms with Crippen molar-refractivity contribution in [3.05, 3.63) is 57.2 Å². The molecule has 19 heavy (non-hydrogen) atoms. The van der Waals surface area contributed by atoms with Crippen LogP contribution in [0, 0.1) is 22.9 Å². The van der Waals surface area contributed by atoms with Gasteiger partial charge in [-0.15, -0.1) is 0 Å². The van der Waals surface area contributed by atoms with Gasteiger partial charge in [-0.3, -0.25) is 10.1 Å². The summed E-state index contributed by atoms with van der Waals surface area (Å²) in [6.07, 6.45) is 0. The monoisotopic (exact) mass is 265 g/mol. The fourth-order valence-corrected chi connectivity index (χ4v) is 1.64. The van der Waals surface area contributed by atoms with Crippen molar-refractivity contribution in [3.63, 3.8) is 0 Å². The van der Waals surface area contributed by atoms with Gasteiger partial charge in [0.05, 0.1) is 17.2 Å². The number of rotatable bonds is 5. The van der Waals surface area contributed by atoms with Crippen molar-refractivity contribution in [1.29, 1.82) is 0 Å². The van der Waals surface area contributed by atoms with E-state index in [0.717, 1.165) is 17.8 Å². The molecule has 0 aliphatic rings. The number of aromatic nitrogens is 1. The van der Waals surface area contributed by atoms with Crippen LogP contribution in [0.1, 0.15) is 17.0 Å². The van der Waals surface area contributed by atoms with Crippen molar-refractivity contribution in [1.82, 2.24) is 10.5 Å². The van der Waals surface area contributed by atoms with Crippen LogP contribution in [0.5, 0.6) is 0 Å². The lowest BCUT2D eigenvalue weighted by atomic mass is 10.2. The molecular weight excluding hydrogens is 253 g/mol. The molecule has 1 aromatic heterocycles. The molecule has 0 aliphatic heterocycles. The second kappa shape index (κ2) is 5.57. The fourth-order valence-electron chi connectivity index (χ4n) is 1.64. The van der Waals surface area contributed by atoms with E-state index in [1.807, 2.05) is 6.92 Å². The highest BCUT2D eigenvalue weighted by atomic mass is 19.1. The molecule has 0 radical (unpaired) electrons. The first-order valence-electron chi connectivity index (χ1n) is 5.62. The number of halogens is 1. The van der Waals surface area contributed by atoms with Crippen LogP contribution in [0.3, 0.4) is 0 Å². The van der Waals surface area contributed by atoms with Crippen molar-refractivity contribution < 1.29 is 13.8 Å². The minimum Gasteiger partial charge on any atom is -0.360 e. The topological polar surface area (TPSA) is 81.2 Å². The Morgan fingerprint density at radius 3 is 2.79 bits per heavy atom. The Morgan fingerprint density at radius 2 is 2.21 bits per heavy atom. The second-order valence-corrected chi connectivity index (χ2v) is 4.08. The van der Waals surface area contributed by atoms with E-state index in [1.165, 1.54) is 6.07 Å². The zero-order valence-corrected chi connectivity index (χ0v) is 10.2. The van der Waals surface area contributed by atoms with Gasteiger partial charge in [-0.05, 0) is 18.6 Å². The van der Waals surface area contributed by atoms with E-state index in [1.54, 1.807) is 6.07 Å². The molecule has 0 fully saturated rings. The lowest BCUT2D eigenvalue weighted by Gasteiger charge is -2.03. The summed E-state index contributed by atoms with van der Waals surface area (Å²) in [7, 11) is 0.